The Kier molecular flexibility index (Phi) is 6.31. The molecule has 0 saturated heterocycles. The highest BCUT2D eigenvalue weighted by atomic mass is 32.1. The average molecular weight is 440 g/mol. The molecule has 1 aromatic carbocycles. The first-order chi connectivity index (χ1) is 15.1. The van der Waals surface area contributed by atoms with Crippen LogP contribution in [0, 0.1) is 4.77 Å². The van der Waals surface area contributed by atoms with Crippen molar-refractivity contribution in [1.29, 1.82) is 0 Å². The minimum Gasteiger partial charge on any atom is -0.465 e. The number of esters is 1. The van der Waals surface area contributed by atoms with Crippen LogP contribution in [0.1, 0.15) is 54.2 Å². The Bertz CT molecular complexity index is 1110. The molecular formula is C22H25N5O3S. The number of amides is 1. The van der Waals surface area contributed by atoms with Gasteiger partial charge >= 0.3 is 5.97 Å². The third-order valence-electron chi connectivity index (χ3n) is 5.52. The van der Waals surface area contributed by atoms with E-state index in [0.717, 1.165) is 18.7 Å². The van der Waals surface area contributed by atoms with Gasteiger partial charge in [-0.15, -0.1) is 0 Å². The topological polar surface area (TPSA) is 83.1 Å². The highest BCUT2D eigenvalue weighted by Crippen LogP contribution is 2.32. The molecule has 0 bridgehead atoms. The first-order valence-electron chi connectivity index (χ1n) is 10.4. The first-order valence-corrected chi connectivity index (χ1v) is 10.8. The van der Waals surface area contributed by atoms with Crippen molar-refractivity contribution in [2.45, 2.75) is 44.6 Å². The fraction of sp³-hybridized carbons (Fsp3) is 0.364. The van der Waals surface area contributed by atoms with Crippen LogP contribution < -0.4 is 5.32 Å². The first kappa shape index (κ1) is 21.0. The summed E-state index contributed by atoms with van der Waals surface area (Å²) < 4.78 is 10.6. The van der Waals surface area contributed by atoms with Crippen LogP contribution in [0.3, 0.4) is 0 Å². The Hall–Kier alpha value is -3.20. The van der Waals surface area contributed by atoms with Crippen LogP contribution >= 0.6 is 12.2 Å². The molecule has 8 nitrogen and oxygen atoms in total. The molecule has 0 unspecified atom stereocenters. The van der Waals surface area contributed by atoms with Gasteiger partial charge in [-0.2, -0.15) is 5.10 Å². The molecule has 4 rings (SSSR count). The summed E-state index contributed by atoms with van der Waals surface area (Å²) in [6.45, 7) is 0.00553. The van der Waals surface area contributed by atoms with Crippen molar-refractivity contribution in [2.24, 2.45) is 0 Å². The van der Waals surface area contributed by atoms with E-state index in [4.69, 9.17) is 17.3 Å². The molecule has 1 aliphatic rings. The molecule has 1 N–H and O–H groups in total. The normalized spacial score (nSPS) is 14.4. The Balaban J connectivity index is 1.54. The van der Waals surface area contributed by atoms with E-state index in [2.05, 4.69) is 10.1 Å². The fourth-order valence-electron chi connectivity index (χ4n) is 3.95. The summed E-state index contributed by atoms with van der Waals surface area (Å²) in [5, 5.41) is 7.58. The summed E-state index contributed by atoms with van der Waals surface area (Å²) in [5.41, 5.74) is 1.01. The SMILES string of the molecule is COC(=O)c1ccc(NC(=O)Cn2nc(C3CCCCC3)n(-n3cccc3)c2=S)cc1. The lowest BCUT2D eigenvalue weighted by Gasteiger charge is -2.21. The molecule has 1 aliphatic carbocycles. The molecule has 0 radical (unpaired) electrons. The number of aromatic nitrogens is 4. The zero-order valence-electron chi connectivity index (χ0n) is 17.4. The van der Waals surface area contributed by atoms with Gasteiger partial charge < -0.3 is 10.1 Å². The second kappa shape index (κ2) is 9.30. The van der Waals surface area contributed by atoms with Crippen LogP contribution in [0.4, 0.5) is 5.69 Å². The maximum absolute atomic E-state index is 12.7. The number of carbonyl (C=O) groups is 2. The maximum Gasteiger partial charge on any atom is 0.337 e. The summed E-state index contributed by atoms with van der Waals surface area (Å²) in [4.78, 5) is 24.2. The van der Waals surface area contributed by atoms with Crippen LogP contribution in [-0.2, 0) is 16.1 Å². The monoisotopic (exact) mass is 439 g/mol. The second-order valence-electron chi connectivity index (χ2n) is 7.63. The largest absolute Gasteiger partial charge is 0.465 e. The summed E-state index contributed by atoms with van der Waals surface area (Å²) in [6, 6.07) is 10.4. The van der Waals surface area contributed by atoms with E-state index in [1.54, 1.807) is 28.9 Å². The maximum atomic E-state index is 12.7. The zero-order chi connectivity index (χ0) is 21.8. The molecule has 0 spiro atoms. The number of nitrogens with zero attached hydrogens (tertiary/aromatic N) is 4. The summed E-state index contributed by atoms with van der Waals surface area (Å²) >= 11 is 5.68. The lowest BCUT2D eigenvalue weighted by molar-refractivity contribution is -0.116. The summed E-state index contributed by atoms with van der Waals surface area (Å²) in [5.74, 6) is 0.563. The third kappa shape index (κ3) is 4.61. The van der Waals surface area contributed by atoms with Crippen molar-refractivity contribution >= 4 is 29.8 Å². The van der Waals surface area contributed by atoms with Crippen LogP contribution in [0.5, 0.6) is 0 Å². The van der Waals surface area contributed by atoms with Gasteiger partial charge in [0.1, 0.15) is 6.54 Å². The summed E-state index contributed by atoms with van der Waals surface area (Å²) in [6.07, 6.45) is 9.61. The Labute approximate surface area is 185 Å². The van der Waals surface area contributed by atoms with Crippen molar-refractivity contribution in [2.75, 3.05) is 12.4 Å². The van der Waals surface area contributed by atoms with Gasteiger partial charge in [-0.1, -0.05) is 19.3 Å². The van der Waals surface area contributed by atoms with E-state index < -0.39 is 5.97 Å². The van der Waals surface area contributed by atoms with Crippen molar-refractivity contribution in [3.05, 3.63) is 65.0 Å². The number of methoxy groups -OCH3 is 1. The van der Waals surface area contributed by atoms with Gasteiger partial charge in [0.2, 0.25) is 10.7 Å². The van der Waals surface area contributed by atoms with E-state index in [9.17, 15) is 9.59 Å². The van der Waals surface area contributed by atoms with Crippen LogP contribution in [0.2, 0.25) is 0 Å². The molecule has 2 aromatic heterocycles. The van der Waals surface area contributed by atoms with E-state index in [0.29, 0.717) is 21.9 Å². The highest BCUT2D eigenvalue weighted by Gasteiger charge is 2.24. The quantitative estimate of drug-likeness (QED) is 0.464. The lowest BCUT2D eigenvalue weighted by Crippen LogP contribution is -2.20. The lowest BCUT2D eigenvalue weighted by atomic mass is 9.89. The van der Waals surface area contributed by atoms with Crippen molar-refractivity contribution < 1.29 is 14.3 Å². The molecular weight excluding hydrogens is 414 g/mol. The molecule has 1 fully saturated rings. The predicted molar refractivity (Wildman–Crippen MR) is 119 cm³/mol. The predicted octanol–water partition coefficient (Wildman–Crippen LogP) is 4.00. The number of anilines is 1. The van der Waals surface area contributed by atoms with E-state index in [1.807, 2.05) is 33.9 Å². The van der Waals surface area contributed by atoms with Gasteiger partial charge in [0.25, 0.3) is 0 Å². The zero-order valence-corrected chi connectivity index (χ0v) is 18.2. The minimum atomic E-state index is -0.421. The number of rotatable bonds is 6. The third-order valence-corrected chi connectivity index (χ3v) is 5.90. The summed E-state index contributed by atoms with van der Waals surface area (Å²) in [7, 11) is 1.33. The molecule has 1 amide bonds. The second-order valence-corrected chi connectivity index (χ2v) is 7.99. The Morgan fingerprint density at radius 2 is 1.81 bits per heavy atom. The van der Waals surface area contributed by atoms with Gasteiger partial charge in [0, 0.05) is 24.0 Å². The van der Waals surface area contributed by atoms with Crippen molar-refractivity contribution in [3.8, 4) is 0 Å². The highest BCUT2D eigenvalue weighted by molar-refractivity contribution is 7.71. The number of nitrogens with one attached hydrogen (secondary N) is 1. The molecule has 1 saturated carbocycles. The Morgan fingerprint density at radius 1 is 1.13 bits per heavy atom. The average Bonchev–Trinajstić information content (AvgIpc) is 3.42. The molecule has 0 aliphatic heterocycles. The molecule has 0 atom stereocenters. The molecule has 9 heteroatoms. The van der Waals surface area contributed by atoms with Crippen LogP contribution in [-0.4, -0.2) is 38.1 Å². The fourth-order valence-corrected chi connectivity index (χ4v) is 4.25. The van der Waals surface area contributed by atoms with Gasteiger partial charge in [0.15, 0.2) is 5.82 Å². The van der Waals surface area contributed by atoms with Crippen LogP contribution in [0.25, 0.3) is 0 Å². The number of benzene rings is 1. The number of ether oxygens (including phenoxy) is 1. The number of hydrogen-bond donors (Lipinski definition) is 1. The minimum absolute atomic E-state index is 0.00553. The standard InChI is InChI=1S/C22H25N5O3S/c1-30-21(29)17-9-11-18(12-10-17)23-19(28)15-26-22(31)27(25-13-5-6-14-25)20(24-26)16-7-3-2-4-8-16/h5-6,9-14,16H,2-4,7-8,15H2,1H3,(H,23,28). The van der Waals surface area contributed by atoms with Crippen LogP contribution in [0.15, 0.2) is 48.8 Å². The number of carbonyl (C=O) groups excluding carboxylic acids is 2. The van der Waals surface area contributed by atoms with Gasteiger partial charge in [-0.05, 0) is 61.5 Å². The van der Waals surface area contributed by atoms with E-state index >= 15 is 0 Å². The van der Waals surface area contributed by atoms with E-state index in [-0.39, 0.29) is 12.5 Å². The van der Waals surface area contributed by atoms with Gasteiger partial charge in [-0.25, -0.2) is 14.2 Å². The molecule has 31 heavy (non-hydrogen) atoms. The molecule has 162 valence electrons. The van der Waals surface area contributed by atoms with E-state index in [1.165, 1.54) is 26.4 Å². The smallest absolute Gasteiger partial charge is 0.337 e. The molecule has 3 aromatic rings. The molecule has 2 heterocycles. The number of hydrogen-bond acceptors (Lipinski definition) is 5. The Morgan fingerprint density at radius 3 is 2.45 bits per heavy atom. The van der Waals surface area contributed by atoms with Crippen molar-refractivity contribution in [3.63, 3.8) is 0 Å². The van der Waals surface area contributed by atoms with Gasteiger partial charge in [0.05, 0.1) is 12.7 Å². The van der Waals surface area contributed by atoms with Crippen molar-refractivity contribution in [1.82, 2.24) is 19.1 Å². The van der Waals surface area contributed by atoms with Gasteiger partial charge in [-0.3, -0.25) is 9.47 Å².